The van der Waals surface area contributed by atoms with E-state index in [0.717, 1.165) is 0 Å². The lowest BCUT2D eigenvalue weighted by Gasteiger charge is -2.38. The predicted molar refractivity (Wildman–Crippen MR) is 178 cm³/mol. The summed E-state index contributed by atoms with van der Waals surface area (Å²) in [5, 5.41) is 13.9. The summed E-state index contributed by atoms with van der Waals surface area (Å²) in [7, 11) is 0. The van der Waals surface area contributed by atoms with Gasteiger partial charge in [0.1, 0.15) is 29.8 Å². The van der Waals surface area contributed by atoms with E-state index >= 15 is 0 Å². The second kappa shape index (κ2) is 13.5. The number of nitrogens with zero attached hydrogens (tertiary/aromatic N) is 2. The van der Waals surface area contributed by atoms with Gasteiger partial charge < -0.3 is 29.7 Å². The van der Waals surface area contributed by atoms with Crippen molar-refractivity contribution in [3.63, 3.8) is 0 Å². The lowest BCUT2D eigenvalue weighted by Crippen LogP contribution is -2.58. The van der Waals surface area contributed by atoms with E-state index in [4.69, 9.17) is 21.1 Å². The van der Waals surface area contributed by atoms with Gasteiger partial charge in [0, 0.05) is 28.2 Å². The molecule has 0 aromatic heterocycles. The van der Waals surface area contributed by atoms with Crippen LogP contribution in [-0.2, 0) is 28.7 Å². The molecule has 12 heteroatoms. The Balaban J connectivity index is 1.49. The summed E-state index contributed by atoms with van der Waals surface area (Å²) >= 11 is 9.76. The molecule has 47 heavy (non-hydrogen) atoms. The molecule has 2 aromatic rings. The van der Waals surface area contributed by atoms with Crippen LogP contribution in [0.2, 0.25) is 5.02 Å². The number of anilines is 1. The first-order chi connectivity index (χ1) is 22.6. The van der Waals surface area contributed by atoms with E-state index in [-0.39, 0.29) is 25.5 Å². The lowest BCUT2D eigenvalue weighted by atomic mass is 9.74. The smallest absolute Gasteiger partial charge is 0.313 e. The fourth-order valence-corrected chi connectivity index (χ4v) is 8.19. The van der Waals surface area contributed by atoms with Crippen molar-refractivity contribution in [1.82, 2.24) is 10.2 Å². The standard InChI is InChI=1S/C35H37BrClN3O7/c1-3-23(19-41)40-31-33(44)39(24-15-13-22(37)14-16-24)17-9-5-8-12-26(42)38-20(2)29(21-10-6-4-7-11-21)46-34(45)27-28(32(40)43)35(31)18-25(36)30(27)47-35/h4-7,9-11,13-16,18,20,23,27-31,41H,3,8,12,17,19H2,1-2H3,(H,38,42)/b9-5-/t20-,23+,27+,28-,29+,30+,31+,35-/m1/s1. The summed E-state index contributed by atoms with van der Waals surface area (Å²) in [6, 6.07) is 13.4. The first-order valence-electron chi connectivity index (χ1n) is 15.9. The Morgan fingerprint density at radius 3 is 2.45 bits per heavy atom. The van der Waals surface area contributed by atoms with Crippen LogP contribution in [0.1, 0.15) is 44.8 Å². The van der Waals surface area contributed by atoms with E-state index in [1.165, 1.54) is 9.80 Å². The summed E-state index contributed by atoms with van der Waals surface area (Å²) in [4.78, 5) is 59.7. The number of rotatable bonds is 5. The van der Waals surface area contributed by atoms with Gasteiger partial charge in [0.25, 0.3) is 5.91 Å². The number of aliphatic hydroxyl groups excluding tert-OH is 1. The molecule has 248 valence electrons. The molecule has 0 unspecified atom stereocenters. The molecule has 8 atom stereocenters. The number of halogens is 2. The molecule has 1 spiro atoms. The van der Waals surface area contributed by atoms with Crippen LogP contribution in [0.3, 0.4) is 0 Å². The Kier molecular flexibility index (Phi) is 9.62. The monoisotopic (exact) mass is 725 g/mol. The van der Waals surface area contributed by atoms with E-state index in [1.54, 1.807) is 37.3 Å². The maximum atomic E-state index is 14.9. The highest BCUT2D eigenvalue weighted by Crippen LogP contribution is 2.59. The van der Waals surface area contributed by atoms with Gasteiger partial charge in [-0.1, -0.05) is 76.9 Å². The van der Waals surface area contributed by atoms with E-state index < -0.39 is 65.6 Å². The minimum absolute atomic E-state index is 0.129. The zero-order chi connectivity index (χ0) is 33.5. The van der Waals surface area contributed by atoms with Gasteiger partial charge in [0.15, 0.2) is 0 Å². The number of amides is 3. The summed E-state index contributed by atoms with van der Waals surface area (Å²) in [5.41, 5.74) is -0.290. The topological polar surface area (TPSA) is 125 Å². The normalized spacial score (nSPS) is 32.5. The Morgan fingerprint density at radius 1 is 1.04 bits per heavy atom. The van der Waals surface area contributed by atoms with Gasteiger partial charge in [0.2, 0.25) is 11.8 Å². The van der Waals surface area contributed by atoms with E-state index in [0.29, 0.717) is 33.6 Å². The first kappa shape index (κ1) is 33.4. The van der Waals surface area contributed by atoms with Crippen molar-refractivity contribution in [3.8, 4) is 0 Å². The Hall–Kier alpha value is -3.51. The third kappa shape index (κ3) is 5.92. The lowest BCUT2D eigenvalue weighted by molar-refractivity contribution is -0.161. The molecular weight excluding hydrogens is 690 g/mol. The maximum absolute atomic E-state index is 14.9. The van der Waals surface area contributed by atoms with Crippen LogP contribution in [0, 0.1) is 11.8 Å². The van der Waals surface area contributed by atoms with Crippen molar-refractivity contribution in [2.45, 2.75) is 69.0 Å². The van der Waals surface area contributed by atoms with Gasteiger partial charge in [-0.3, -0.25) is 19.2 Å². The number of nitrogens with one attached hydrogen (secondary N) is 1. The second-order valence-electron chi connectivity index (χ2n) is 12.4. The molecule has 4 aliphatic rings. The van der Waals surface area contributed by atoms with Gasteiger partial charge in [-0.25, -0.2) is 0 Å². The van der Waals surface area contributed by atoms with Crippen LogP contribution in [0.25, 0.3) is 0 Å². The predicted octanol–water partition coefficient (Wildman–Crippen LogP) is 4.46. The number of aliphatic hydroxyl groups is 1. The summed E-state index contributed by atoms with van der Waals surface area (Å²) in [6.45, 7) is 3.35. The number of ether oxygens (including phenoxy) is 2. The third-order valence-corrected chi connectivity index (χ3v) is 10.5. The molecule has 4 heterocycles. The van der Waals surface area contributed by atoms with Crippen LogP contribution in [0.4, 0.5) is 5.69 Å². The van der Waals surface area contributed by atoms with Crippen molar-refractivity contribution in [1.29, 1.82) is 0 Å². The van der Waals surface area contributed by atoms with Gasteiger partial charge >= 0.3 is 5.97 Å². The number of carbonyl (C=O) groups is 4. The van der Waals surface area contributed by atoms with E-state index in [1.807, 2.05) is 49.4 Å². The minimum Gasteiger partial charge on any atom is -0.455 e. The first-order valence-corrected chi connectivity index (χ1v) is 17.0. The summed E-state index contributed by atoms with van der Waals surface area (Å²) < 4.78 is 13.3. The van der Waals surface area contributed by atoms with Crippen LogP contribution in [0.5, 0.6) is 0 Å². The molecule has 0 aliphatic carbocycles. The molecule has 2 saturated heterocycles. The maximum Gasteiger partial charge on any atom is 0.313 e. The molecule has 3 amide bonds. The molecular formula is C35H37BrClN3O7. The Labute approximate surface area is 286 Å². The Bertz CT molecular complexity index is 1600. The fraction of sp³-hybridized carbons (Fsp3) is 0.429. The molecule has 2 aromatic carbocycles. The van der Waals surface area contributed by atoms with Gasteiger partial charge in [-0.2, -0.15) is 0 Å². The number of cyclic esters (lactones) is 1. The quantitative estimate of drug-likeness (QED) is 0.345. The van der Waals surface area contributed by atoms with Crippen LogP contribution in [0.15, 0.2) is 77.3 Å². The van der Waals surface area contributed by atoms with Gasteiger partial charge in [-0.15, -0.1) is 0 Å². The van der Waals surface area contributed by atoms with Crippen molar-refractivity contribution in [2.24, 2.45) is 11.8 Å². The second-order valence-corrected chi connectivity index (χ2v) is 13.7. The van der Waals surface area contributed by atoms with Crippen LogP contribution < -0.4 is 10.2 Å². The zero-order valence-corrected chi connectivity index (χ0v) is 28.4. The largest absolute Gasteiger partial charge is 0.455 e. The SMILES string of the molecule is CC[C@@H](CO)N1C(=O)[C@H]2[C@@H]3C(=O)O[C@H](c4ccccc4)[C@@H](C)NC(=O)CC/C=C\CN(c4ccc(Cl)cc4)C(=O)[C@H]1[C@@]21C=C(Br)[C@@H]3O1. The number of fused-ring (bicyclic) bond motifs is 2. The van der Waals surface area contributed by atoms with Crippen LogP contribution in [-0.4, -0.2) is 76.7 Å². The molecule has 2 fully saturated rings. The highest BCUT2D eigenvalue weighted by Gasteiger charge is 2.75. The zero-order valence-electron chi connectivity index (χ0n) is 26.1. The van der Waals surface area contributed by atoms with Crippen molar-refractivity contribution >= 4 is 56.9 Å². The average Bonchev–Trinajstić information content (AvgIpc) is 3.66. The summed E-state index contributed by atoms with van der Waals surface area (Å²) in [6.07, 6.45) is 4.61. The number of benzene rings is 2. The highest BCUT2D eigenvalue weighted by molar-refractivity contribution is 9.11. The molecule has 6 rings (SSSR count). The van der Waals surface area contributed by atoms with E-state index in [9.17, 15) is 24.3 Å². The van der Waals surface area contributed by atoms with Crippen molar-refractivity contribution < 1.29 is 33.8 Å². The number of esters is 1. The molecule has 2 N–H and O–H groups in total. The van der Waals surface area contributed by atoms with E-state index in [2.05, 4.69) is 21.2 Å². The number of carbonyl (C=O) groups excluding carboxylic acids is 4. The molecule has 0 saturated carbocycles. The minimum atomic E-state index is -1.51. The average molecular weight is 727 g/mol. The summed E-state index contributed by atoms with van der Waals surface area (Å²) in [5.74, 6) is -3.98. The molecule has 4 aliphatic heterocycles. The van der Waals surface area contributed by atoms with Crippen molar-refractivity contribution in [2.75, 3.05) is 18.1 Å². The molecule has 5 bridgehead atoms. The van der Waals surface area contributed by atoms with Crippen molar-refractivity contribution in [3.05, 3.63) is 87.9 Å². The fourth-order valence-electron chi connectivity index (χ4n) is 7.32. The number of hydrogen-bond donors (Lipinski definition) is 2. The molecule has 10 nitrogen and oxygen atoms in total. The highest BCUT2D eigenvalue weighted by atomic mass is 79.9. The number of hydrogen-bond acceptors (Lipinski definition) is 7. The van der Waals surface area contributed by atoms with Gasteiger partial charge in [-0.05, 0) is 55.7 Å². The van der Waals surface area contributed by atoms with Gasteiger partial charge in [0.05, 0.1) is 24.6 Å². The molecule has 0 radical (unpaired) electrons. The Morgan fingerprint density at radius 2 is 1.77 bits per heavy atom. The number of likely N-dealkylation sites (tertiary alicyclic amines) is 1. The third-order valence-electron chi connectivity index (χ3n) is 9.56. The van der Waals surface area contributed by atoms with Crippen LogP contribution >= 0.6 is 27.5 Å². The number of allylic oxidation sites excluding steroid dienone is 1.